The van der Waals surface area contributed by atoms with Gasteiger partial charge in [0.05, 0.1) is 5.69 Å². The van der Waals surface area contributed by atoms with Gasteiger partial charge in [-0.3, -0.25) is 5.32 Å². The van der Waals surface area contributed by atoms with Crippen LogP contribution >= 0.6 is 22.9 Å². The van der Waals surface area contributed by atoms with E-state index in [0.717, 1.165) is 18.5 Å². The molecule has 4 nitrogen and oxygen atoms in total. The molecule has 1 aromatic heterocycles. The second-order valence-electron chi connectivity index (χ2n) is 4.68. The number of aromatic nitrogens is 1. The zero-order valence-corrected chi connectivity index (χ0v) is 12.4. The van der Waals surface area contributed by atoms with Crippen molar-refractivity contribution >= 4 is 39.8 Å². The molecule has 0 aliphatic heterocycles. The van der Waals surface area contributed by atoms with E-state index in [-0.39, 0.29) is 6.03 Å². The highest BCUT2D eigenvalue weighted by molar-refractivity contribution is 7.15. The Morgan fingerprint density at radius 3 is 2.65 bits per heavy atom. The summed E-state index contributed by atoms with van der Waals surface area (Å²) in [6.45, 7) is 0. The quantitative estimate of drug-likeness (QED) is 0.868. The van der Waals surface area contributed by atoms with Crippen LogP contribution in [0.4, 0.5) is 15.6 Å². The normalized spacial score (nSPS) is 13.7. The molecule has 0 fully saturated rings. The number of anilines is 2. The summed E-state index contributed by atoms with van der Waals surface area (Å²) in [4.78, 5) is 17.7. The van der Waals surface area contributed by atoms with E-state index in [0.29, 0.717) is 15.8 Å². The molecule has 2 amide bonds. The summed E-state index contributed by atoms with van der Waals surface area (Å²) in [6.07, 6.45) is 4.50. The van der Waals surface area contributed by atoms with Crippen molar-refractivity contribution < 1.29 is 4.79 Å². The fourth-order valence-corrected chi connectivity index (χ4v) is 3.37. The summed E-state index contributed by atoms with van der Waals surface area (Å²) in [6, 6.07) is 6.71. The maximum Gasteiger partial charge on any atom is 0.325 e. The Bertz CT molecular complexity index is 600. The molecule has 1 heterocycles. The third-order valence-electron chi connectivity index (χ3n) is 3.17. The van der Waals surface area contributed by atoms with Crippen molar-refractivity contribution in [3.63, 3.8) is 0 Å². The van der Waals surface area contributed by atoms with E-state index in [2.05, 4.69) is 15.6 Å². The zero-order valence-electron chi connectivity index (χ0n) is 10.8. The monoisotopic (exact) mass is 307 g/mol. The van der Waals surface area contributed by atoms with E-state index >= 15 is 0 Å². The van der Waals surface area contributed by atoms with Crippen LogP contribution < -0.4 is 10.6 Å². The number of carbonyl (C=O) groups excluding carboxylic acids is 1. The number of carbonyl (C=O) groups is 1. The molecule has 104 valence electrons. The standard InChI is InChI=1S/C14H14ClN3OS/c15-9-5-7-10(8-6-9)16-13(19)18-14-17-11-3-1-2-4-12(11)20-14/h5-8H,1-4H2,(H2,16,17,18,19). The molecule has 0 saturated heterocycles. The average molecular weight is 308 g/mol. The van der Waals surface area contributed by atoms with Crippen LogP contribution in [0.15, 0.2) is 24.3 Å². The van der Waals surface area contributed by atoms with E-state index in [1.165, 1.54) is 17.7 Å². The van der Waals surface area contributed by atoms with Crippen molar-refractivity contribution in [2.24, 2.45) is 0 Å². The van der Waals surface area contributed by atoms with Gasteiger partial charge in [-0.05, 0) is 49.9 Å². The molecule has 0 atom stereocenters. The minimum Gasteiger partial charge on any atom is -0.308 e. The fraction of sp³-hybridized carbons (Fsp3) is 0.286. The Balaban J connectivity index is 1.63. The van der Waals surface area contributed by atoms with Gasteiger partial charge in [-0.25, -0.2) is 9.78 Å². The number of amides is 2. The summed E-state index contributed by atoms with van der Waals surface area (Å²) in [5.41, 5.74) is 1.84. The van der Waals surface area contributed by atoms with Crippen LogP contribution in [0.1, 0.15) is 23.4 Å². The average Bonchev–Trinajstić information content (AvgIpc) is 2.83. The molecular weight excluding hydrogens is 294 g/mol. The van der Waals surface area contributed by atoms with Crippen molar-refractivity contribution in [2.75, 3.05) is 10.6 Å². The van der Waals surface area contributed by atoms with Gasteiger partial charge in [-0.1, -0.05) is 11.6 Å². The number of benzene rings is 1. The number of aryl methyl sites for hydroxylation is 2. The summed E-state index contributed by atoms with van der Waals surface area (Å²) < 4.78 is 0. The number of rotatable bonds is 2. The Morgan fingerprint density at radius 2 is 1.90 bits per heavy atom. The Hall–Kier alpha value is -1.59. The Kier molecular flexibility index (Phi) is 3.89. The number of fused-ring (bicyclic) bond motifs is 1. The molecule has 20 heavy (non-hydrogen) atoms. The molecular formula is C14H14ClN3OS. The first-order valence-corrected chi connectivity index (χ1v) is 7.72. The van der Waals surface area contributed by atoms with Crippen LogP contribution in [-0.4, -0.2) is 11.0 Å². The Labute approximate surface area is 126 Å². The van der Waals surface area contributed by atoms with E-state index in [1.807, 2.05) is 0 Å². The van der Waals surface area contributed by atoms with Gasteiger partial charge in [0.15, 0.2) is 5.13 Å². The molecule has 6 heteroatoms. The molecule has 1 aromatic carbocycles. The summed E-state index contributed by atoms with van der Waals surface area (Å²) in [7, 11) is 0. The SMILES string of the molecule is O=C(Nc1ccc(Cl)cc1)Nc1nc2c(s1)CCCC2. The van der Waals surface area contributed by atoms with E-state index in [1.54, 1.807) is 35.6 Å². The van der Waals surface area contributed by atoms with Crippen LogP contribution in [0, 0.1) is 0 Å². The number of nitrogens with zero attached hydrogens (tertiary/aromatic N) is 1. The number of halogens is 1. The van der Waals surface area contributed by atoms with Crippen molar-refractivity contribution in [1.82, 2.24) is 4.98 Å². The third-order valence-corrected chi connectivity index (χ3v) is 4.49. The molecule has 3 rings (SSSR count). The lowest BCUT2D eigenvalue weighted by atomic mass is 10.0. The lowest BCUT2D eigenvalue weighted by Gasteiger charge is -2.06. The Morgan fingerprint density at radius 1 is 1.15 bits per heavy atom. The van der Waals surface area contributed by atoms with Gasteiger partial charge in [0.2, 0.25) is 0 Å². The number of urea groups is 1. The van der Waals surface area contributed by atoms with E-state index in [4.69, 9.17) is 11.6 Å². The van der Waals surface area contributed by atoms with Gasteiger partial charge in [0.1, 0.15) is 0 Å². The first-order valence-electron chi connectivity index (χ1n) is 6.53. The lowest BCUT2D eigenvalue weighted by Crippen LogP contribution is -2.19. The summed E-state index contributed by atoms with van der Waals surface area (Å²) in [5, 5.41) is 6.85. The van der Waals surface area contributed by atoms with Crippen LogP contribution in [0.25, 0.3) is 0 Å². The van der Waals surface area contributed by atoms with Gasteiger partial charge < -0.3 is 5.32 Å². The van der Waals surface area contributed by atoms with Crippen molar-refractivity contribution in [1.29, 1.82) is 0 Å². The lowest BCUT2D eigenvalue weighted by molar-refractivity contribution is 0.262. The molecule has 0 saturated carbocycles. The maximum absolute atomic E-state index is 11.9. The highest BCUT2D eigenvalue weighted by Crippen LogP contribution is 2.29. The molecule has 1 aliphatic carbocycles. The molecule has 0 unspecified atom stereocenters. The molecule has 1 aliphatic rings. The predicted molar refractivity (Wildman–Crippen MR) is 82.8 cm³/mol. The fourth-order valence-electron chi connectivity index (χ4n) is 2.20. The van der Waals surface area contributed by atoms with Crippen molar-refractivity contribution in [3.8, 4) is 0 Å². The predicted octanol–water partition coefficient (Wildman–Crippen LogP) is 4.32. The number of thiazole rings is 1. The highest BCUT2D eigenvalue weighted by atomic mass is 35.5. The number of hydrogen-bond acceptors (Lipinski definition) is 3. The van der Waals surface area contributed by atoms with Gasteiger partial charge in [0, 0.05) is 15.6 Å². The molecule has 2 N–H and O–H groups in total. The first-order chi connectivity index (χ1) is 9.70. The smallest absolute Gasteiger partial charge is 0.308 e. The van der Waals surface area contributed by atoms with E-state index in [9.17, 15) is 4.79 Å². The largest absolute Gasteiger partial charge is 0.325 e. The second-order valence-corrected chi connectivity index (χ2v) is 6.20. The van der Waals surface area contributed by atoms with Crippen LogP contribution in [0.2, 0.25) is 5.02 Å². The van der Waals surface area contributed by atoms with Gasteiger partial charge in [0.25, 0.3) is 0 Å². The maximum atomic E-state index is 11.9. The second kappa shape index (κ2) is 5.81. The minimum absolute atomic E-state index is 0.279. The van der Waals surface area contributed by atoms with Gasteiger partial charge >= 0.3 is 6.03 Å². The van der Waals surface area contributed by atoms with Crippen LogP contribution in [0.5, 0.6) is 0 Å². The van der Waals surface area contributed by atoms with Crippen LogP contribution in [-0.2, 0) is 12.8 Å². The van der Waals surface area contributed by atoms with Crippen molar-refractivity contribution in [2.45, 2.75) is 25.7 Å². The van der Waals surface area contributed by atoms with Crippen molar-refractivity contribution in [3.05, 3.63) is 39.9 Å². The summed E-state index contributed by atoms with van der Waals surface area (Å²) >= 11 is 7.37. The highest BCUT2D eigenvalue weighted by Gasteiger charge is 2.16. The van der Waals surface area contributed by atoms with E-state index < -0.39 is 0 Å². The third kappa shape index (κ3) is 3.11. The minimum atomic E-state index is -0.279. The van der Waals surface area contributed by atoms with Gasteiger partial charge in [-0.15, -0.1) is 11.3 Å². The van der Waals surface area contributed by atoms with Crippen LogP contribution in [0.3, 0.4) is 0 Å². The first kappa shape index (κ1) is 13.4. The molecule has 0 bridgehead atoms. The zero-order chi connectivity index (χ0) is 13.9. The molecule has 2 aromatic rings. The molecule has 0 radical (unpaired) electrons. The number of nitrogens with one attached hydrogen (secondary N) is 2. The summed E-state index contributed by atoms with van der Waals surface area (Å²) in [5.74, 6) is 0. The van der Waals surface area contributed by atoms with Gasteiger partial charge in [-0.2, -0.15) is 0 Å². The molecule has 0 spiro atoms. The topological polar surface area (TPSA) is 54.0 Å². The number of hydrogen-bond donors (Lipinski definition) is 2.